The zero-order valence-electron chi connectivity index (χ0n) is 11.2. The van der Waals surface area contributed by atoms with Crippen LogP contribution in [-0.2, 0) is 6.42 Å². The van der Waals surface area contributed by atoms with Crippen LogP contribution in [0.3, 0.4) is 0 Å². The van der Waals surface area contributed by atoms with E-state index >= 15 is 0 Å². The molecular formula is C15H15N3O2S. The SMILES string of the molecule is N#Cc1ccc(NC[C@H](O)Cc2ccsc2C(N)=O)cc1. The molecule has 0 unspecified atom stereocenters. The minimum atomic E-state index is -0.631. The maximum atomic E-state index is 11.2. The summed E-state index contributed by atoms with van der Waals surface area (Å²) in [6.45, 7) is 0.347. The molecule has 0 aliphatic carbocycles. The average Bonchev–Trinajstić information content (AvgIpc) is 2.94. The van der Waals surface area contributed by atoms with Crippen molar-refractivity contribution in [1.29, 1.82) is 5.26 Å². The van der Waals surface area contributed by atoms with Gasteiger partial charge >= 0.3 is 0 Å². The van der Waals surface area contributed by atoms with Gasteiger partial charge in [0.1, 0.15) is 0 Å². The Morgan fingerprint density at radius 2 is 2.10 bits per heavy atom. The number of amides is 1. The Hall–Kier alpha value is -2.36. The number of carbonyl (C=O) groups is 1. The third-order valence-electron chi connectivity index (χ3n) is 2.98. The number of nitrogens with zero attached hydrogens (tertiary/aromatic N) is 1. The molecule has 0 bridgehead atoms. The quantitative estimate of drug-likeness (QED) is 0.756. The highest BCUT2D eigenvalue weighted by molar-refractivity contribution is 7.12. The summed E-state index contributed by atoms with van der Waals surface area (Å²) in [5.41, 5.74) is 7.46. The van der Waals surface area contributed by atoms with Crippen LogP contribution in [0.5, 0.6) is 0 Å². The first-order valence-corrected chi connectivity index (χ1v) is 7.26. The third-order valence-corrected chi connectivity index (χ3v) is 3.95. The van der Waals surface area contributed by atoms with Gasteiger partial charge in [-0.2, -0.15) is 5.26 Å². The van der Waals surface area contributed by atoms with Crippen molar-refractivity contribution < 1.29 is 9.90 Å². The van der Waals surface area contributed by atoms with Gasteiger partial charge in [0.05, 0.1) is 22.6 Å². The summed E-state index contributed by atoms with van der Waals surface area (Å²) in [5, 5.41) is 23.6. The van der Waals surface area contributed by atoms with E-state index in [1.165, 1.54) is 11.3 Å². The van der Waals surface area contributed by atoms with Crippen molar-refractivity contribution in [3.05, 3.63) is 51.7 Å². The summed E-state index contributed by atoms with van der Waals surface area (Å²) >= 11 is 1.28. The van der Waals surface area contributed by atoms with Gasteiger partial charge in [0.15, 0.2) is 0 Å². The van der Waals surface area contributed by atoms with E-state index in [9.17, 15) is 9.90 Å². The fourth-order valence-corrected chi connectivity index (χ4v) is 2.72. The Bertz CT molecular complexity index is 658. The molecule has 1 amide bonds. The van der Waals surface area contributed by atoms with Gasteiger partial charge in [-0.1, -0.05) is 0 Å². The van der Waals surface area contributed by atoms with Crippen LogP contribution in [0.4, 0.5) is 5.69 Å². The van der Waals surface area contributed by atoms with Crippen molar-refractivity contribution in [2.75, 3.05) is 11.9 Å². The first-order valence-electron chi connectivity index (χ1n) is 6.38. The number of hydrogen-bond acceptors (Lipinski definition) is 5. The maximum Gasteiger partial charge on any atom is 0.259 e. The number of rotatable bonds is 6. The molecular weight excluding hydrogens is 286 g/mol. The van der Waals surface area contributed by atoms with Crippen LogP contribution >= 0.6 is 11.3 Å². The lowest BCUT2D eigenvalue weighted by atomic mass is 10.1. The second kappa shape index (κ2) is 6.88. The summed E-state index contributed by atoms with van der Waals surface area (Å²) in [7, 11) is 0. The number of aliphatic hydroxyl groups excluding tert-OH is 1. The average molecular weight is 301 g/mol. The lowest BCUT2D eigenvalue weighted by Crippen LogP contribution is -2.23. The number of anilines is 1. The van der Waals surface area contributed by atoms with Crippen LogP contribution in [-0.4, -0.2) is 23.7 Å². The zero-order chi connectivity index (χ0) is 15.2. The van der Waals surface area contributed by atoms with E-state index in [4.69, 9.17) is 11.0 Å². The Kier molecular flexibility index (Phi) is 4.93. The van der Waals surface area contributed by atoms with E-state index in [1.54, 1.807) is 35.7 Å². The van der Waals surface area contributed by atoms with E-state index in [-0.39, 0.29) is 0 Å². The van der Waals surface area contributed by atoms with Gasteiger partial charge < -0.3 is 16.2 Å². The Labute approximate surface area is 126 Å². The van der Waals surface area contributed by atoms with Crippen LogP contribution in [0.25, 0.3) is 0 Å². The number of nitrogens with one attached hydrogen (secondary N) is 1. The van der Waals surface area contributed by atoms with E-state index < -0.39 is 12.0 Å². The van der Waals surface area contributed by atoms with Gasteiger partial charge in [0, 0.05) is 18.7 Å². The number of nitrogens with two attached hydrogens (primary N) is 1. The van der Waals surface area contributed by atoms with Crippen molar-refractivity contribution in [2.45, 2.75) is 12.5 Å². The van der Waals surface area contributed by atoms with Crippen molar-refractivity contribution >= 4 is 22.9 Å². The minimum absolute atomic E-state index is 0.347. The second-order valence-corrected chi connectivity index (χ2v) is 5.48. The molecule has 2 rings (SSSR count). The molecule has 1 aromatic heterocycles. The van der Waals surface area contributed by atoms with Crippen molar-refractivity contribution in [3.63, 3.8) is 0 Å². The molecule has 0 saturated carbocycles. The minimum Gasteiger partial charge on any atom is -0.391 e. The Morgan fingerprint density at radius 1 is 1.38 bits per heavy atom. The molecule has 1 atom stereocenters. The summed E-state index contributed by atoms with van der Waals surface area (Å²) in [4.78, 5) is 11.7. The molecule has 0 spiro atoms. The van der Waals surface area contributed by atoms with Gasteiger partial charge in [-0.25, -0.2) is 0 Å². The van der Waals surface area contributed by atoms with Gasteiger partial charge in [0.25, 0.3) is 5.91 Å². The standard InChI is InChI=1S/C15H15N3O2S/c16-8-10-1-3-12(4-2-10)18-9-13(19)7-11-5-6-21-14(11)15(17)20/h1-6,13,18-19H,7,9H2,(H2,17,20)/t13-/m1/s1. The molecule has 0 aliphatic heterocycles. The molecule has 4 N–H and O–H groups in total. The molecule has 6 heteroatoms. The lowest BCUT2D eigenvalue weighted by Gasteiger charge is -2.13. The molecule has 1 heterocycles. The molecule has 0 radical (unpaired) electrons. The zero-order valence-corrected chi connectivity index (χ0v) is 12.1. The van der Waals surface area contributed by atoms with Crippen LogP contribution < -0.4 is 11.1 Å². The first-order chi connectivity index (χ1) is 10.1. The smallest absolute Gasteiger partial charge is 0.259 e. The van der Waals surface area contributed by atoms with E-state index in [0.717, 1.165) is 11.3 Å². The number of primary amides is 1. The number of aliphatic hydroxyl groups is 1. The van der Waals surface area contributed by atoms with Crippen molar-refractivity contribution in [1.82, 2.24) is 0 Å². The Balaban J connectivity index is 1.89. The molecule has 108 valence electrons. The number of nitriles is 1. The summed E-state index contributed by atoms with van der Waals surface area (Å²) in [6.07, 6.45) is -0.265. The summed E-state index contributed by atoms with van der Waals surface area (Å²) < 4.78 is 0. The molecule has 1 aromatic carbocycles. The van der Waals surface area contributed by atoms with E-state index in [2.05, 4.69) is 5.32 Å². The molecule has 0 fully saturated rings. The van der Waals surface area contributed by atoms with Crippen LogP contribution in [0.2, 0.25) is 0 Å². The highest BCUT2D eigenvalue weighted by Gasteiger charge is 2.13. The predicted molar refractivity (Wildman–Crippen MR) is 82.2 cm³/mol. The monoisotopic (exact) mass is 301 g/mol. The molecule has 21 heavy (non-hydrogen) atoms. The van der Waals surface area contributed by atoms with Gasteiger partial charge in [0.2, 0.25) is 0 Å². The van der Waals surface area contributed by atoms with Crippen LogP contribution in [0.15, 0.2) is 35.7 Å². The maximum absolute atomic E-state index is 11.2. The van der Waals surface area contributed by atoms with Gasteiger partial charge in [-0.3, -0.25) is 4.79 Å². The molecule has 2 aromatic rings. The van der Waals surface area contributed by atoms with Crippen molar-refractivity contribution in [3.8, 4) is 6.07 Å². The highest BCUT2D eigenvalue weighted by atomic mass is 32.1. The van der Waals surface area contributed by atoms with Crippen LogP contribution in [0, 0.1) is 11.3 Å². The summed E-state index contributed by atoms with van der Waals surface area (Å²) in [6, 6.07) is 10.8. The number of carbonyl (C=O) groups excluding carboxylic acids is 1. The Morgan fingerprint density at radius 3 is 2.71 bits per heavy atom. The third kappa shape index (κ3) is 4.05. The largest absolute Gasteiger partial charge is 0.391 e. The van der Waals surface area contributed by atoms with Gasteiger partial charge in [-0.05, 0) is 41.3 Å². The van der Waals surface area contributed by atoms with Crippen LogP contribution in [0.1, 0.15) is 20.8 Å². The molecule has 0 saturated heterocycles. The number of benzene rings is 1. The van der Waals surface area contributed by atoms with Crippen molar-refractivity contribution in [2.24, 2.45) is 5.73 Å². The lowest BCUT2D eigenvalue weighted by molar-refractivity contribution is 0.100. The highest BCUT2D eigenvalue weighted by Crippen LogP contribution is 2.18. The molecule has 5 nitrogen and oxygen atoms in total. The molecule has 0 aliphatic rings. The fourth-order valence-electron chi connectivity index (χ4n) is 1.94. The number of hydrogen-bond donors (Lipinski definition) is 3. The predicted octanol–water partition coefficient (Wildman–Crippen LogP) is 1.73. The normalized spacial score (nSPS) is 11.6. The van der Waals surface area contributed by atoms with Gasteiger partial charge in [-0.15, -0.1) is 11.3 Å². The van der Waals surface area contributed by atoms with E-state index in [1.807, 2.05) is 6.07 Å². The van der Waals surface area contributed by atoms with E-state index in [0.29, 0.717) is 23.4 Å². The number of thiophene rings is 1. The fraction of sp³-hybridized carbons (Fsp3) is 0.200. The first kappa shape index (κ1) is 15.0. The summed E-state index contributed by atoms with van der Waals surface area (Å²) in [5.74, 6) is -0.466. The second-order valence-electron chi connectivity index (χ2n) is 4.57. The topological polar surface area (TPSA) is 99.1 Å².